The summed E-state index contributed by atoms with van der Waals surface area (Å²) >= 11 is 1.41. The van der Waals surface area contributed by atoms with Crippen LogP contribution in [0.15, 0.2) is 0 Å². The highest BCUT2D eigenvalue weighted by Gasteiger charge is 2.39. The van der Waals surface area contributed by atoms with Gasteiger partial charge >= 0.3 is 11.9 Å². The molecule has 31 heavy (non-hydrogen) atoms. The smallest absolute Gasteiger partial charge is 0.326 e. The first-order valence-corrected chi connectivity index (χ1v) is 11.7. The highest BCUT2D eigenvalue weighted by atomic mass is 32.2. The summed E-state index contributed by atoms with van der Waals surface area (Å²) in [6.45, 7) is 1.16. The quantitative estimate of drug-likeness (QED) is 0.261. The van der Waals surface area contributed by atoms with Crippen LogP contribution in [-0.2, 0) is 24.0 Å². The van der Waals surface area contributed by atoms with Crippen molar-refractivity contribution >= 4 is 41.4 Å². The fourth-order valence-corrected chi connectivity index (χ4v) is 4.29. The van der Waals surface area contributed by atoms with E-state index in [1.807, 2.05) is 0 Å². The van der Waals surface area contributed by atoms with E-state index < -0.39 is 48.3 Å². The molecule has 0 aromatic rings. The van der Waals surface area contributed by atoms with E-state index in [1.165, 1.54) is 16.7 Å². The average Bonchev–Trinajstić information content (AvgIpc) is 3.41. The maximum Gasteiger partial charge on any atom is 0.326 e. The molecule has 2 rings (SSSR count). The number of likely N-dealkylation sites (tertiary alicyclic amines) is 1. The molecule has 0 spiro atoms. The van der Waals surface area contributed by atoms with Crippen molar-refractivity contribution in [2.45, 2.75) is 62.7 Å². The van der Waals surface area contributed by atoms with Crippen molar-refractivity contribution in [1.82, 2.24) is 20.9 Å². The van der Waals surface area contributed by atoms with E-state index in [-0.39, 0.29) is 18.4 Å². The van der Waals surface area contributed by atoms with Gasteiger partial charge in [-0.2, -0.15) is 11.8 Å². The van der Waals surface area contributed by atoms with E-state index in [0.717, 1.165) is 13.0 Å². The van der Waals surface area contributed by atoms with Gasteiger partial charge in [0.25, 0.3) is 0 Å². The summed E-state index contributed by atoms with van der Waals surface area (Å²) in [5.41, 5.74) is 0. The average molecular weight is 459 g/mol. The maximum absolute atomic E-state index is 12.8. The molecule has 5 N–H and O–H groups in total. The third kappa shape index (κ3) is 7.10. The van der Waals surface area contributed by atoms with Gasteiger partial charge in [-0.25, -0.2) is 4.79 Å². The molecule has 2 saturated heterocycles. The van der Waals surface area contributed by atoms with Crippen LogP contribution in [0.2, 0.25) is 0 Å². The minimum atomic E-state index is -1.44. The summed E-state index contributed by atoms with van der Waals surface area (Å²) < 4.78 is 0. The lowest BCUT2D eigenvalue weighted by molar-refractivity contribution is -0.144. The van der Waals surface area contributed by atoms with Crippen molar-refractivity contribution in [3.05, 3.63) is 0 Å². The molecule has 2 fully saturated rings. The summed E-state index contributed by atoms with van der Waals surface area (Å²) in [5.74, 6) is -3.72. The molecule has 0 radical (unpaired) electrons. The van der Waals surface area contributed by atoms with Gasteiger partial charge in [-0.1, -0.05) is 0 Å². The minimum absolute atomic E-state index is 0.162. The van der Waals surface area contributed by atoms with Crippen molar-refractivity contribution in [2.24, 2.45) is 0 Å². The summed E-state index contributed by atoms with van der Waals surface area (Å²) in [7, 11) is 0. The van der Waals surface area contributed by atoms with E-state index in [0.29, 0.717) is 31.6 Å². The Bertz CT molecular complexity index is 699. The molecule has 3 amide bonds. The molecule has 0 saturated carbocycles. The Balaban J connectivity index is 2.05. The number of nitrogens with zero attached hydrogens (tertiary/aromatic N) is 1. The molecule has 0 aromatic carbocycles. The molecule has 11 nitrogen and oxygen atoms in total. The molecule has 12 heteroatoms. The number of rotatable bonds is 11. The zero-order valence-corrected chi connectivity index (χ0v) is 18.3. The molecule has 0 aliphatic carbocycles. The van der Waals surface area contributed by atoms with Crippen LogP contribution in [0.1, 0.15) is 38.5 Å². The molecule has 4 atom stereocenters. The normalized spacial score (nSPS) is 22.5. The molecule has 174 valence electrons. The van der Waals surface area contributed by atoms with Crippen LogP contribution in [-0.4, -0.2) is 94.0 Å². The number of aliphatic carboxylic acids is 2. The van der Waals surface area contributed by atoms with Crippen LogP contribution in [0.25, 0.3) is 0 Å². The fourth-order valence-electron chi connectivity index (χ4n) is 3.82. The van der Waals surface area contributed by atoms with Crippen molar-refractivity contribution in [3.63, 3.8) is 0 Å². The van der Waals surface area contributed by atoms with E-state index in [2.05, 4.69) is 16.0 Å². The Morgan fingerprint density at radius 3 is 2.42 bits per heavy atom. The molecule has 0 bridgehead atoms. The SMILES string of the molecule is CSCCC(NC(=O)C(CC(=O)O)NC(=O)C1CCCN1C(=O)C1CCCN1)C(=O)O. The zero-order valence-electron chi connectivity index (χ0n) is 17.5. The van der Waals surface area contributed by atoms with Crippen LogP contribution in [0.3, 0.4) is 0 Å². The van der Waals surface area contributed by atoms with Gasteiger partial charge in [0.05, 0.1) is 12.5 Å². The predicted octanol–water partition coefficient (Wildman–Crippen LogP) is -0.989. The standard InChI is InChI=1S/C19H30N4O7S/c1-31-9-6-12(19(29)30)21-16(26)13(10-15(24)25)22-17(27)14-5-3-8-23(14)18(28)11-4-2-7-20-11/h11-14,20H,2-10H2,1H3,(H,21,26)(H,22,27)(H,24,25)(H,29,30). The Labute approximate surface area is 184 Å². The second-order valence-corrected chi connectivity index (χ2v) is 8.66. The van der Waals surface area contributed by atoms with Gasteiger partial charge in [-0.05, 0) is 50.7 Å². The molecule has 2 aliphatic rings. The van der Waals surface area contributed by atoms with Crippen molar-refractivity contribution < 1.29 is 34.2 Å². The highest BCUT2D eigenvalue weighted by molar-refractivity contribution is 7.98. The largest absolute Gasteiger partial charge is 0.481 e. The number of hydrogen-bond donors (Lipinski definition) is 5. The fraction of sp³-hybridized carbons (Fsp3) is 0.737. The van der Waals surface area contributed by atoms with Crippen molar-refractivity contribution in [2.75, 3.05) is 25.1 Å². The van der Waals surface area contributed by atoms with Crippen LogP contribution in [0.5, 0.6) is 0 Å². The number of carboxylic acids is 2. The van der Waals surface area contributed by atoms with Crippen molar-refractivity contribution in [3.8, 4) is 0 Å². The summed E-state index contributed by atoms with van der Waals surface area (Å²) in [6.07, 6.45) is 3.87. The van der Waals surface area contributed by atoms with Crippen LogP contribution >= 0.6 is 11.8 Å². The van der Waals surface area contributed by atoms with E-state index in [9.17, 15) is 29.1 Å². The Kier molecular flexibility index (Phi) is 9.56. The maximum atomic E-state index is 12.8. The number of carbonyl (C=O) groups excluding carboxylic acids is 3. The highest BCUT2D eigenvalue weighted by Crippen LogP contribution is 2.21. The monoisotopic (exact) mass is 458 g/mol. The molecule has 2 aliphatic heterocycles. The Morgan fingerprint density at radius 1 is 1.10 bits per heavy atom. The van der Waals surface area contributed by atoms with E-state index in [1.54, 1.807) is 6.26 Å². The lowest BCUT2D eigenvalue weighted by Crippen LogP contribution is -2.57. The van der Waals surface area contributed by atoms with Gasteiger partial charge in [-0.3, -0.25) is 19.2 Å². The number of nitrogens with one attached hydrogen (secondary N) is 3. The number of hydrogen-bond acceptors (Lipinski definition) is 7. The van der Waals surface area contributed by atoms with E-state index >= 15 is 0 Å². The third-order valence-corrected chi connectivity index (χ3v) is 6.08. The number of carbonyl (C=O) groups is 5. The Hall–Kier alpha value is -2.34. The van der Waals surface area contributed by atoms with Crippen LogP contribution in [0, 0.1) is 0 Å². The Morgan fingerprint density at radius 2 is 1.84 bits per heavy atom. The first kappa shape index (κ1) is 24.9. The first-order valence-electron chi connectivity index (χ1n) is 10.3. The lowest BCUT2D eigenvalue weighted by atomic mass is 10.1. The summed E-state index contributed by atoms with van der Waals surface area (Å²) in [5, 5.41) is 26.3. The van der Waals surface area contributed by atoms with Gasteiger partial charge < -0.3 is 31.1 Å². The summed E-state index contributed by atoms with van der Waals surface area (Å²) in [4.78, 5) is 62.2. The topological polar surface area (TPSA) is 165 Å². The first-order chi connectivity index (χ1) is 14.7. The molecule has 2 heterocycles. The third-order valence-electron chi connectivity index (χ3n) is 5.43. The number of carboxylic acid groups (broad SMARTS) is 2. The zero-order chi connectivity index (χ0) is 23.0. The van der Waals surface area contributed by atoms with Gasteiger partial charge in [0, 0.05) is 6.54 Å². The van der Waals surface area contributed by atoms with Crippen molar-refractivity contribution in [1.29, 1.82) is 0 Å². The van der Waals surface area contributed by atoms with E-state index in [4.69, 9.17) is 5.11 Å². The second kappa shape index (κ2) is 11.9. The van der Waals surface area contributed by atoms with Gasteiger partial charge in [0.2, 0.25) is 17.7 Å². The molecule has 0 aromatic heterocycles. The lowest BCUT2D eigenvalue weighted by Gasteiger charge is -2.28. The minimum Gasteiger partial charge on any atom is -0.481 e. The van der Waals surface area contributed by atoms with Crippen LogP contribution in [0.4, 0.5) is 0 Å². The molecule has 4 unspecified atom stereocenters. The summed E-state index contributed by atoms with van der Waals surface area (Å²) in [6, 6.07) is -3.75. The number of amides is 3. The predicted molar refractivity (Wildman–Crippen MR) is 113 cm³/mol. The molecular weight excluding hydrogens is 428 g/mol. The second-order valence-electron chi connectivity index (χ2n) is 7.68. The van der Waals surface area contributed by atoms with Gasteiger partial charge in [-0.15, -0.1) is 0 Å². The number of thioether (sulfide) groups is 1. The molecular formula is C19H30N4O7S. The van der Waals surface area contributed by atoms with Crippen LogP contribution < -0.4 is 16.0 Å². The van der Waals surface area contributed by atoms with Gasteiger partial charge in [0.15, 0.2) is 0 Å². The van der Waals surface area contributed by atoms with Gasteiger partial charge in [0.1, 0.15) is 18.1 Å².